The van der Waals surface area contributed by atoms with Gasteiger partial charge in [0.1, 0.15) is 5.82 Å². The molecule has 3 rings (SSSR count). The number of nitrogens with one attached hydrogen (secondary N) is 2. The van der Waals surface area contributed by atoms with Crippen molar-refractivity contribution in [2.24, 2.45) is 0 Å². The van der Waals surface area contributed by atoms with Gasteiger partial charge in [0.2, 0.25) is 5.82 Å². The SMILES string of the molecule is CNCCNC(=O)c1nc(C2CC2)n(-c2ccccc2Cl)n1.Cl. The van der Waals surface area contributed by atoms with Gasteiger partial charge >= 0.3 is 0 Å². The highest BCUT2D eigenvalue weighted by molar-refractivity contribution is 6.32. The number of nitrogens with zero attached hydrogens (tertiary/aromatic N) is 3. The lowest BCUT2D eigenvalue weighted by Gasteiger charge is -2.06. The van der Waals surface area contributed by atoms with Crippen LogP contribution in [-0.2, 0) is 0 Å². The van der Waals surface area contributed by atoms with Crippen LogP contribution in [-0.4, -0.2) is 40.8 Å². The Labute approximate surface area is 146 Å². The molecule has 0 spiro atoms. The molecule has 0 atom stereocenters. The standard InChI is InChI=1S/C15H18ClN5O.ClH/c1-17-8-9-18-15(22)13-19-14(10-6-7-10)21(20-13)12-5-3-2-4-11(12)16;/h2-5,10,17H,6-9H2,1H3,(H,18,22);1H. The molecular weight excluding hydrogens is 337 g/mol. The van der Waals surface area contributed by atoms with E-state index in [0.717, 1.165) is 24.4 Å². The predicted molar refractivity (Wildman–Crippen MR) is 91.9 cm³/mol. The summed E-state index contributed by atoms with van der Waals surface area (Å²) in [5.41, 5.74) is 0.757. The van der Waals surface area contributed by atoms with Gasteiger partial charge < -0.3 is 10.6 Å². The van der Waals surface area contributed by atoms with Crippen molar-refractivity contribution in [2.75, 3.05) is 20.1 Å². The third-order valence-corrected chi connectivity index (χ3v) is 3.84. The second-order valence-electron chi connectivity index (χ2n) is 5.29. The Morgan fingerprint density at radius 3 is 2.74 bits per heavy atom. The van der Waals surface area contributed by atoms with E-state index in [-0.39, 0.29) is 24.1 Å². The Balaban J connectivity index is 0.00000192. The van der Waals surface area contributed by atoms with E-state index in [2.05, 4.69) is 20.7 Å². The largest absolute Gasteiger partial charge is 0.348 e. The van der Waals surface area contributed by atoms with Gasteiger partial charge in [-0.2, -0.15) is 0 Å². The van der Waals surface area contributed by atoms with Crippen LogP contribution in [0.3, 0.4) is 0 Å². The summed E-state index contributed by atoms with van der Waals surface area (Å²) in [7, 11) is 1.84. The molecule has 0 saturated heterocycles. The molecule has 1 aromatic carbocycles. The molecule has 1 heterocycles. The summed E-state index contributed by atoms with van der Waals surface area (Å²) >= 11 is 6.25. The van der Waals surface area contributed by atoms with Crippen LogP contribution in [0.4, 0.5) is 0 Å². The van der Waals surface area contributed by atoms with Gasteiger partial charge in [-0.05, 0) is 32.0 Å². The number of hydrogen-bond donors (Lipinski definition) is 2. The van der Waals surface area contributed by atoms with E-state index >= 15 is 0 Å². The monoisotopic (exact) mass is 355 g/mol. The van der Waals surface area contributed by atoms with Crippen LogP contribution in [0.1, 0.15) is 35.2 Å². The minimum Gasteiger partial charge on any atom is -0.348 e. The maximum atomic E-state index is 12.1. The highest BCUT2D eigenvalue weighted by Gasteiger charge is 2.31. The van der Waals surface area contributed by atoms with E-state index in [1.165, 1.54) is 0 Å². The molecule has 2 N–H and O–H groups in total. The molecule has 124 valence electrons. The first kappa shape index (κ1) is 17.7. The van der Waals surface area contributed by atoms with Gasteiger partial charge in [-0.25, -0.2) is 9.67 Å². The molecule has 23 heavy (non-hydrogen) atoms. The van der Waals surface area contributed by atoms with Crippen molar-refractivity contribution in [1.82, 2.24) is 25.4 Å². The summed E-state index contributed by atoms with van der Waals surface area (Å²) in [6, 6.07) is 7.45. The molecule has 0 bridgehead atoms. The van der Waals surface area contributed by atoms with Gasteiger partial charge in [0, 0.05) is 19.0 Å². The third kappa shape index (κ3) is 4.02. The molecular formula is C15H19Cl2N5O. The zero-order chi connectivity index (χ0) is 15.5. The van der Waals surface area contributed by atoms with Gasteiger partial charge in [-0.15, -0.1) is 17.5 Å². The number of para-hydroxylation sites is 1. The van der Waals surface area contributed by atoms with E-state index in [9.17, 15) is 4.79 Å². The molecule has 6 nitrogen and oxygen atoms in total. The van der Waals surface area contributed by atoms with Crippen LogP contribution < -0.4 is 10.6 Å². The maximum Gasteiger partial charge on any atom is 0.291 e. The average molecular weight is 356 g/mol. The fourth-order valence-corrected chi connectivity index (χ4v) is 2.42. The van der Waals surface area contributed by atoms with Crippen molar-refractivity contribution >= 4 is 29.9 Å². The number of benzene rings is 1. The van der Waals surface area contributed by atoms with Crippen LogP contribution in [0.15, 0.2) is 24.3 Å². The molecule has 8 heteroatoms. The maximum absolute atomic E-state index is 12.1. The summed E-state index contributed by atoms with van der Waals surface area (Å²) < 4.78 is 1.70. The second-order valence-corrected chi connectivity index (χ2v) is 5.70. The molecule has 1 aliphatic carbocycles. The quantitative estimate of drug-likeness (QED) is 0.779. The lowest BCUT2D eigenvalue weighted by molar-refractivity contribution is 0.0944. The molecule has 1 saturated carbocycles. The van der Waals surface area contributed by atoms with Gasteiger partial charge in [0.05, 0.1) is 10.7 Å². The van der Waals surface area contributed by atoms with Crippen LogP contribution in [0.2, 0.25) is 5.02 Å². The number of aromatic nitrogens is 3. The topological polar surface area (TPSA) is 71.8 Å². The van der Waals surface area contributed by atoms with Crippen LogP contribution in [0, 0.1) is 0 Å². The summed E-state index contributed by atoms with van der Waals surface area (Å²) in [5, 5.41) is 10.7. The highest BCUT2D eigenvalue weighted by atomic mass is 35.5. The Hall–Kier alpha value is -1.63. The Bertz CT molecular complexity index is 684. The number of amides is 1. The summed E-state index contributed by atoms with van der Waals surface area (Å²) in [6.45, 7) is 1.24. The lowest BCUT2D eigenvalue weighted by Crippen LogP contribution is -2.31. The van der Waals surface area contributed by atoms with Crippen LogP contribution in [0.5, 0.6) is 0 Å². The zero-order valence-electron chi connectivity index (χ0n) is 12.8. The fourth-order valence-electron chi connectivity index (χ4n) is 2.21. The molecule has 1 amide bonds. The van der Waals surface area contributed by atoms with E-state index in [4.69, 9.17) is 11.6 Å². The van der Waals surface area contributed by atoms with E-state index in [0.29, 0.717) is 24.0 Å². The smallest absolute Gasteiger partial charge is 0.291 e. The van der Waals surface area contributed by atoms with E-state index < -0.39 is 0 Å². The summed E-state index contributed by atoms with van der Waals surface area (Å²) in [4.78, 5) is 16.6. The molecule has 0 unspecified atom stereocenters. The molecule has 1 aliphatic rings. The molecule has 0 radical (unpaired) electrons. The number of carbonyl (C=O) groups is 1. The Morgan fingerprint density at radius 1 is 1.35 bits per heavy atom. The molecule has 0 aliphatic heterocycles. The van der Waals surface area contributed by atoms with Crippen molar-refractivity contribution < 1.29 is 4.79 Å². The van der Waals surface area contributed by atoms with E-state index in [1.807, 2.05) is 31.3 Å². The highest BCUT2D eigenvalue weighted by Crippen LogP contribution is 2.40. The Morgan fingerprint density at radius 2 is 2.09 bits per heavy atom. The fraction of sp³-hybridized carbons (Fsp3) is 0.400. The van der Waals surface area contributed by atoms with Crippen molar-refractivity contribution in [2.45, 2.75) is 18.8 Å². The van der Waals surface area contributed by atoms with Crippen molar-refractivity contribution in [3.63, 3.8) is 0 Å². The van der Waals surface area contributed by atoms with Gasteiger partial charge in [-0.1, -0.05) is 23.7 Å². The number of likely N-dealkylation sites (N-methyl/N-ethyl adjacent to an activating group) is 1. The van der Waals surface area contributed by atoms with Crippen LogP contribution >= 0.6 is 24.0 Å². The molecule has 1 aromatic heterocycles. The average Bonchev–Trinajstić information content (AvgIpc) is 3.27. The van der Waals surface area contributed by atoms with Crippen molar-refractivity contribution in [3.8, 4) is 5.69 Å². The summed E-state index contributed by atoms with van der Waals surface area (Å²) in [6.07, 6.45) is 2.15. The molecule has 1 fully saturated rings. The van der Waals surface area contributed by atoms with Crippen molar-refractivity contribution in [1.29, 1.82) is 0 Å². The van der Waals surface area contributed by atoms with Gasteiger partial charge in [-0.3, -0.25) is 4.79 Å². The van der Waals surface area contributed by atoms with Crippen LogP contribution in [0.25, 0.3) is 5.69 Å². The minimum atomic E-state index is -0.261. The Kier molecular flexibility index (Phi) is 5.98. The number of halogens is 2. The van der Waals surface area contributed by atoms with Gasteiger partial charge in [0.25, 0.3) is 5.91 Å². The first-order chi connectivity index (χ1) is 10.7. The molecule has 2 aromatic rings. The summed E-state index contributed by atoms with van der Waals surface area (Å²) in [5.74, 6) is 1.11. The normalized spacial score (nSPS) is 13.5. The number of hydrogen-bond acceptors (Lipinski definition) is 4. The predicted octanol–water partition coefficient (Wildman–Crippen LogP) is 2.17. The first-order valence-corrected chi connectivity index (χ1v) is 7.73. The minimum absolute atomic E-state index is 0. The number of rotatable bonds is 6. The van der Waals surface area contributed by atoms with Gasteiger partial charge in [0.15, 0.2) is 0 Å². The third-order valence-electron chi connectivity index (χ3n) is 3.52. The van der Waals surface area contributed by atoms with E-state index in [1.54, 1.807) is 4.68 Å². The zero-order valence-corrected chi connectivity index (χ0v) is 14.3. The second kappa shape index (κ2) is 7.77. The number of carbonyl (C=O) groups excluding carboxylic acids is 1. The lowest BCUT2D eigenvalue weighted by atomic mass is 10.3. The first-order valence-electron chi connectivity index (χ1n) is 7.35. The van der Waals surface area contributed by atoms with Crippen molar-refractivity contribution in [3.05, 3.63) is 40.9 Å².